The molecule has 26 heavy (non-hydrogen) atoms. The molecule has 132 valence electrons. The van der Waals surface area contributed by atoms with Gasteiger partial charge >= 0.3 is 0 Å². The minimum absolute atomic E-state index is 0.130. The number of fused-ring (bicyclic) bond motifs is 1. The standard InChI is InChI=1S/C21H21N3OS/c1-14-6-8-16(9-7-14)20-22-21(24-23-20)26-13-19(25)18-11-10-15-4-2-3-5-17(15)12-18/h6-12H,2-5,13H2,1H3,(H,22,23,24). The highest BCUT2D eigenvalue weighted by Gasteiger charge is 2.14. The number of thioether (sulfide) groups is 1. The number of hydrogen-bond acceptors (Lipinski definition) is 4. The van der Waals surface area contributed by atoms with Gasteiger partial charge in [0.25, 0.3) is 0 Å². The van der Waals surface area contributed by atoms with Crippen LogP contribution in [0.25, 0.3) is 11.4 Å². The number of nitrogens with zero attached hydrogens (tertiary/aromatic N) is 2. The largest absolute Gasteiger partial charge is 0.293 e. The number of aromatic nitrogens is 3. The monoisotopic (exact) mass is 363 g/mol. The topological polar surface area (TPSA) is 58.6 Å². The maximum absolute atomic E-state index is 12.5. The third-order valence-electron chi connectivity index (χ3n) is 4.79. The van der Waals surface area contributed by atoms with E-state index < -0.39 is 0 Å². The molecule has 0 spiro atoms. The molecule has 0 fully saturated rings. The molecule has 1 aliphatic carbocycles. The van der Waals surface area contributed by atoms with Gasteiger partial charge < -0.3 is 0 Å². The second-order valence-electron chi connectivity index (χ2n) is 6.74. The Hall–Kier alpha value is -2.40. The van der Waals surface area contributed by atoms with Crippen LogP contribution in [0.1, 0.15) is 39.9 Å². The summed E-state index contributed by atoms with van der Waals surface area (Å²) in [6.07, 6.45) is 4.70. The predicted octanol–water partition coefficient (Wildman–Crippen LogP) is 4.63. The van der Waals surface area contributed by atoms with Crippen molar-refractivity contribution < 1.29 is 4.79 Å². The average molecular weight is 363 g/mol. The van der Waals surface area contributed by atoms with Crippen LogP contribution in [0, 0.1) is 6.92 Å². The van der Waals surface area contributed by atoms with Gasteiger partial charge in [0.05, 0.1) is 5.75 Å². The lowest BCUT2D eigenvalue weighted by molar-refractivity contribution is 0.102. The molecule has 1 N–H and O–H groups in total. The number of ketones is 1. The van der Waals surface area contributed by atoms with Crippen molar-refractivity contribution in [2.45, 2.75) is 37.8 Å². The number of benzene rings is 2. The normalized spacial score (nSPS) is 13.4. The summed E-state index contributed by atoms with van der Waals surface area (Å²) >= 11 is 1.38. The number of rotatable bonds is 5. The molecule has 0 amide bonds. The quantitative estimate of drug-likeness (QED) is 0.530. The molecular weight excluding hydrogens is 342 g/mol. The summed E-state index contributed by atoms with van der Waals surface area (Å²) in [7, 11) is 0. The molecule has 0 atom stereocenters. The van der Waals surface area contributed by atoms with Crippen LogP contribution in [-0.2, 0) is 12.8 Å². The molecular formula is C21H21N3OS. The molecule has 0 bridgehead atoms. The maximum atomic E-state index is 12.5. The number of Topliss-reactive ketones (excluding diaryl/α,β-unsaturated/α-hetero) is 1. The first-order valence-electron chi connectivity index (χ1n) is 8.96. The molecule has 2 aromatic carbocycles. The number of nitrogens with one attached hydrogen (secondary N) is 1. The Labute approximate surface area is 157 Å². The van der Waals surface area contributed by atoms with E-state index in [-0.39, 0.29) is 5.78 Å². The Morgan fingerprint density at radius 3 is 2.65 bits per heavy atom. The third-order valence-corrected chi connectivity index (χ3v) is 5.64. The summed E-state index contributed by atoms with van der Waals surface area (Å²) in [4.78, 5) is 17.0. The first-order valence-corrected chi connectivity index (χ1v) is 9.95. The predicted molar refractivity (Wildman–Crippen MR) is 105 cm³/mol. The highest BCUT2D eigenvalue weighted by Crippen LogP contribution is 2.24. The zero-order valence-electron chi connectivity index (χ0n) is 14.8. The van der Waals surface area contributed by atoms with E-state index in [1.165, 1.54) is 41.3 Å². The van der Waals surface area contributed by atoms with Gasteiger partial charge in [0.2, 0.25) is 5.16 Å². The van der Waals surface area contributed by atoms with E-state index in [1.807, 2.05) is 30.3 Å². The Kier molecular flexibility index (Phi) is 4.89. The van der Waals surface area contributed by atoms with Crippen LogP contribution in [0.3, 0.4) is 0 Å². The zero-order valence-corrected chi connectivity index (χ0v) is 15.6. The van der Waals surface area contributed by atoms with Crippen LogP contribution in [0.5, 0.6) is 0 Å². The number of aryl methyl sites for hydroxylation is 3. The van der Waals surface area contributed by atoms with Gasteiger partial charge in [-0.3, -0.25) is 9.89 Å². The van der Waals surface area contributed by atoms with E-state index in [2.05, 4.69) is 34.2 Å². The summed E-state index contributed by atoms with van der Waals surface area (Å²) in [5.41, 5.74) is 5.74. The van der Waals surface area contributed by atoms with Gasteiger partial charge in [-0.15, -0.1) is 5.10 Å². The fourth-order valence-electron chi connectivity index (χ4n) is 3.27. The minimum atomic E-state index is 0.130. The minimum Gasteiger partial charge on any atom is -0.293 e. The highest BCUT2D eigenvalue weighted by molar-refractivity contribution is 7.99. The number of hydrogen-bond donors (Lipinski definition) is 1. The van der Waals surface area contributed by atoms with Gasteiger partial charge in [-0.2, -0.15) is 0 Å². The molecule has 3 aromatic rings. The summed E-state index contributed by atoms with van der Waals surface area (Å²) in [5.74, 6) is 1.21. The Morgan fingerprint density at radius 2 is 1.85 bits per heavy atom. The third kappa shape index (κ3) is 3.73. The van der Waals surface area contributed by atoms with E-state index in [0.717, 1.165) is 29.8 Å². The van der Waals surface area contributed by atoms with Crippen molar-refractivity contribution in [1.29, 1.82) is 0 Å². The van der Waals surface area contributed by atoms with E-state index >= 15 is 0 Å². The van der Waals surface area contributed by atoms with Gasteiger partial charge in [-0.1, -0.05) is 53.7 Å². The lowest BCUT2D eigenvalue weighted by atomic mass is 9.90. The Morgan fingerprint density at radius 1 is 1.08 bits per heavy atom. The number of carbonyl (C=O) groups is 1. The van der Waals surface area contributed by atoms with Crippen LogP contribution in [0.2, 0.25) is 0 Å². The van der Waals surface area contributed by atoms with E-state index in [9.17, 15) is 4.79 Å². The van der Waals surface area contributed by atoms with E-state index in [4.69, 9.17) is 0 Å². The van der Waals surface area contributed by atoms with Crippen molar-refractivity contribution in [3.05, 3.63) is 64.7 Å². The molecule has 4 rings (SSSR count). The van der Waals surface area contributed by atoms with Gasteiger partial charge in [0.1, 0.15) is 0 Å². The Bertz CT molecular complexity index is 931. The molecule has 0 aliphatic heterocycles. The molecule has 0 radical (unpaired) electrons. The first kappa shape index (κ1) is 17.0. The lowest BCUT2D eigenvalue weighted by Gasteiger charge is -2.16. The zero-order chi connectivity index (χ0) is 17.9. The highest BCUT2D eigenvalue weighted by atomic mass is 32.2. The van der Waals surface area contributed by atoms with Crippen LogP contribution in [0.15, 0.2) is 47.6 Å². The number of H-pyrrole nitrogens is 1. The van der Waals surface area contributed by atoms with Crippen LogP contribution < -0.4 is 0 Å². The van der Waals surface area contributed by atoms with Crippen molar-refractivity contribution in [2.24, 2.45) is 0 Å². The summed E-state index contributed by atoms with van der Waals surface area (Å²) in [6, 6.07) is 14.3. The second kappa shape index (κ2) is 7.46. The molecule has 0 saturated heterocycles. The molecule has 5 heteroatoms. The Balaban J connectivity index is 1.41. The van der Waals surface area contributed by atoms with Crippen molar-refractivity contribution in [3.63, 3.8) is 0 Å². The van der Waals surface area contributed by atoms with Crippen molar-refractivity contribution >= 4 is 17.5 Å². The second-order valence-corrected chi connectivity index (χ2v) is 7.68. The van der Waals surface area contributed by atoms with Gasteiger partial charge in [0, 0.05) is 11.1 Å². The maximum Gasteiger partial charge on any atom is 0.209 e. The van der Waals surface area contributed by atoms with E-state index in [0.29, 0.717) is 10.9 Å². The van der Waals surface area contributed by atoms with Crippen molar-refractivity contribution in [2.75, 3.05) is 5.75 Å². The SMILES string of the molecule is Cc1ccc(-c2nc(SCC(=O)c3ccc4c(c3)CCCC4)n[nH]2)cc1. The molecule has 0 unspecified atom stereocenters. The van der Waals surface area contributed by atoms with Crippen molar-refractivity contribution in [3.8, 4) is 11.4 Å². The smallest absolute Gasteiger partial charge is 0.209 e. The molecule has 1 aliphatic rings. The van der Waals surface area contributed by atoms with Crippen LogP contribution in [0.4, 0.5) is 0 Å². The van der Waals surface area contributed by atoms with Crippen LogP contribution in [-0.4, -0.2) is 26.7 Å². The summed E-state index contributed by atoms with van der Waals surface area (Å²) in [6.45, 7) is 2.05. The number of aromatic amines is 1. The summed E-state index contributed by atoms with van der Waals surface area (Å²) < 4.78 is 0. The van der Waals surface area contributed by atoms with Gasteiger partial charge in [-0.05, 0) is 49.8 Å². The lowest BCUT2D eigenvalue weighted by Crippen LogP contribution is -2.07. The summed E-state index contributed by atoms with van der Waals surface area (Å²) in [5, 5.41) is 7.78. The number of carbonyl (C=O) groups excluding carboxylic acids is 1. The fourth-order valence-corrected chi connectivity index (χ4v) is 3.96. The molecule has 0 saturated carbocycles. The van der Waals surface area contributed by atoms with Crippen LogP contribution >= 0.6 is 11.8 Å². The fraction of sp³-hybridized carbons (Fsp3) is 0.286. The van der Waals surface area contributed by atoms with Gasteiger partial charge in [0.15, 0.2) is 11.6 Å². The molecule has 1 heterocycles. The molecule has 1 aromatic heterocycles. The van der Waals surface area contributed by atoms with Gasteiger partial charge in [-0.25, -0.2) is 4.98 Å². The van der Waals surface area contributed by atoms with Crippen molar-refractivity contribution in [1.82, 2.24) is 15.2 Å². The van der Waals surface area contributed by atoms with E-state index in [1.54, 1.807) is 0 Å². The molecule has 4 nitrogen and oxygen atoms in total. The average Bonchev–Trinajstić information content (AvgIpc) is 3.15. The first-order chi connectivity index (χ1) is 12.7.